The summed E-state index contributed by atoms with van der Waals surface area (Å²) in [6.07, 6.45) is -0.931. The number of benzene rings is 2. The fourth-order valence-corrected chi connectivity index (χ4v) is 1.84. The lowest BCUT2D eigenvalue weighted by molar-refractivity contribution is -0.144. The van der Waals surface area contributed by atoms with Gasteiger partial charge in [-0.15, -0.1) is 0 Å². The van der Waals surface area contributed by atoms with Gasteiger partial charge in [-0.25, -0.2) is 4.79 Å². The van der Waals surface area contributed by atoms with Crippen LogP contribution >= 0.6 is 11.6 Å². The van der Waals surface area contributed by atoms with Crippen molar-refractivity contribution in [3.05, 3.63) is 53.1 Å². The molecule has 0 saturated carbocycles. The van der Waals surface area contributed by atoms with Crippen LogP contribution in [0.15, 0.2) is 42.5 Å². The summed E-state index contributed by atoms with van der Waals surface area (Å²) in [5.74, 6) is 0.327. The van der Waals surface area contributed by atoms with Gasteiger partial charge in [0.2, 0.25) is 0 Å². The summed E-state index contributed by atoms with van der Waals surface area (Å²) < 4.78 is 10.8. The third-order valence-corrected chi connectivity index (χ3v) is 3.07. The standard InChI is InChI=1S/C16H12ClNO4/c1-10(16(19)20)21-12-3-5-13(6-4-12)22-15-7-2-11(9-18)8-14(15)17/h2-8,10H,1H3,(H,19,20)/t10-/m1/s1. The molecule has 0 unspecified atom stereocenters. The van der Waals surface area contributed by atoms with Crippen LogP contribution < -0.4 is 9.47 Å². The van der Waals surface area contributed by atoms with Crippen molar-refractivity contribution in [2.24, 2.45) is 0 Å². The number of carbonyl (C=O) groups is 1. The van der Waals surface area contributed by atoms with Crippen LogP contribution in [0, 0.1) is 11.3 Å². The Morgan fingerprint density at radius 1 is 1.23 bits per heavy atom. The minimum absolute atomic E-state index is 0.332. The van der Waals surface area contributed by atoms with Crippen LogP contribution in [0.25, 0.3) is 0 Å². The largest absolute Gasteiger partial charge is 0.479 e. The van der Waals surface area contributed by atoms with Gasteiger partial charge in [-0.2, -0.15) is 5.26 Å². The fourth-order valence-electron chi connectivity index (χ4n) is 1.62. The van der Waals surface area contributed by atoms with Gasteiger partial charge in [-0.3, -0.25) is 0 Å². The van der Waals surface area contributed by atoms with Gasteiger partial charge in [0.1, 0.15) is 17.2 Å². The maximum atomic E-state index is 10.7. The molecule has 0 bridgehead atoms. The molecule has 0 spiro atoms. The number of carboxylic acid groups (broad SMARTS) is 1. The minimum Gasteiger partial charge on any atom is -0.479 e. The first kappa shape index (κ1) is 15.7. The summed E-state index contributed by atoms with van der Waals surface area (Å²) in [6.45, 7) is 1.45. The molecule has 0 heterocycles. The number of nitriles is 1. The first-order valence-electron chi connectivity index (χ1n) is 6.36. The van der Waals surface area contributed by atoms with Crippen LogP contribution in [-0.2, 0) is 4.79 Å². The lowest BCUT2D eigenvalue weighted by Gasteiger charge is -2.11. The minimum atomic E-state index is -1.04. The van der Waals surface area contributed by atoms with E-state index in [9.17, 15) is 4.79 Å². The first-order valence-corrected chi connectivity index (χ1v) is 6.74. The number of hydrogen-bond donors (Lipinski definition) is 1. The zero-order valence-corrected chi connectivity index (χ0v) is 12.4. The molecule has 0 radical (unpaired) electrons. The summed E-state index contributed by atoms with van der Waals surface area (Å²) in [5, 5.41) is 17.9. The zero-order valence-electron chi connectivity index (χ0n) is 11.6. The van der Waals surface area contributed by atoms with E-state index >= 15 is 0 Å². The van der Waals surface area contributed by atoms with Crippen LogP contribution in [0.4, 0.5) is 0 Å². The molecule has 0 aliphatic carbocycles. The van der Waals surface area contributed by atoms with Gasteiger partial charge in [-0.1, -0.05) is 11.6 Å². The van der Waals surface area contributed by atoms with Gasteiger partial charge in [0.15, 0.2) is 6.10 Å². The first-order chi connectivity index (χ1) is 10.5. The highest BCUT2D eigenvalue weighted by molar-refractivity contribution is 6.32. The average Bonchev–Trinajstić information content (AvgIpc) is 2.51. The number of halogens is 1. The highest BCUT2D eigenvalue weighted by Gasteiger charge is 2.12. The maximum absolute atomic E-state index is 10.7. The predicted octanol–water partition coefficient (Wildman–Crippen LogP) is 3.86. The Hall–Kier alpha value is -2.71. The number of ether oxygens (including phenoxy) is 2. The van der Waals surface area contributed by atoms with Gasteiger partial charge in [0.25, 0.3) is 0 Å². The summed E-state index contributed by atoms with van der Waals surface area (Å²) in [6, 6.07) is 13.2. The molecule has 22 heavy (non-hydrogen) atoms. The van der Waals surface area contributed by atoms with Crippen LogP contribution in [-0.4, -0.2) is 17.2 Å². The van der Waals surface area contributed by atoms with Crippen molar-refractivity contribution >= 4 is 17.6 Å². The second-order valence-electron chi connectivity index (χ2n) is 4.43. The lowest BCUT2D eigenvalue weighted by Crippen LogP contribution is -2.22. The van der Waals surface area contributed by atoms with Crippen LogP contribution in [0.2, 0.25) is 5.02 Å². The summed E-state index contributed by atoms with van der Waals surface area (Å²) in [5.41, 5.74) is 0.448. The second kappa shape index (κ2) is 6.83. The molecular weight excluding hydrogens is 306 g/mol. The Bertz CT molecular complexity index is 722. The monoisotopic (exact) mass is 317 g/mol. The van der Waals surface area contributed by atoms with Crippen molar-refractivity contribution in [1.82, 2.24) is 0 Å². The Balaban J connectivity index is 2.08. The van der Waals surface area contributed by atoms with Gasteiger partial charge in [-0.05, 0) is 49.4 Å². The van der Waals surface area contributed by atoms with Gasteiger partial charge in [0.05, 0.1) is 16.7 Å². The van der Waals surface area contributed by atoms with E-state index in [2.05, 4.69) is 0 Å². The van der Waals surface area contributed by atoms with E-state index in [1.54, 1.807) is 36.4 Å². The zero-order chi connectivity index (χ0) is 16.1. The van der Waals surface area contributed by atoms with E-state index in [4.69, 9.17) is 31.4 Å². The Morgan fingerprint density at radius 2 is 1.86 bits per heavy atom. The number of aliphatic carboxylic acids is 1. The molecule has 0 aliphatic rings. The van der Waals surface area contributed by atoms with Crippen molar-refractivity contribution in [3.63, 3.8) is 0 Å². The SMILES string of the molecule is C[C@@H](Oc1ccc(Oc2ccc(C#N)cc2Cl)cc1)C(=O)O. The van der Waals surface area contributed by atoms with E-state index in [1.807, 2.05) is 6.07 Å². The third-order valence-electron chi connectivity index (χ3n) is 2.77. The predicted molar refractivity (Wildman–Crippen MR) is 80.4 cm³/mol. The Morgan fingerprint density at radius 3 is 2.41 bits per heavy atom. The van der Waals surface area contributed by atoms with Crippen molar-refractivity contribution in [2.45, 2.75) is 13.0 Å². The lowest BCUT2D eigenvalue weighted by atomic mass is 10.2. The molecule has 2 aromatic rings. The van der Waals surface area contributed by atoms with Gasteiger partial charge < -0.3 is 14.6 Å². The molecule has 0 fully saturated rings. The highest BCUT2D eigenvalue weighted by Crippen LogP contribution is 2.30. The van der Waals surface area contributed by atoms with Crippen molar-refractivity contribution in [3.8, 4) is 23.3 Å². The van der Waals surface area contributed by atoms with Crippen LogP contribution in [0.1, 0.15) is 12.5 Å². The molecule has 0 saturated heterocycles. The quantitative estimate of drug-likeness (QED) is 0.905. The topological polar surface area (TPSA) is 79.5 Å². The van der Waals surface area contributed by atoms with E-state index in [0.29, 0.717) is 27.8 Å². The van der Waals surface area contributed by atoms with E-state index < -0.39 is 12.1 Å². The smallest absolute Gasteiger partial charge is 0.344 e. The average molecular weight is 318 g/mol. The molecule has 6 heteroatoms. The van der Waals surface area contributed by atoms with Crippen molar-refractivity contribution in [2.75, 3.05) is 0 Å². The molecule has 5 nitrogen and oxygen atoms in total. The number of nitrogens with zero attached hydrogens (tertiary/aromatic N) is 1. The van der Waals surface area contributed by atoms with Crippen molar-refractivity contribution in [1.29, 1.82) is 5.26 Å². The maximum Gasteiger partial charge on any atom is 0.344 e. The Kier molecular flexibility index (Phi) is 4.87. The molecule has 0 amide bonds. The molecule has 1 N–H and O–H groups in total. The van der Waals surface area contributed by atoms with Gasteiger partial charge >= 0.3 is 5.97 Å². The summed E-state index contributed by atoms with van der Waals surface area (Å²) in [7, 11) is 0. The number of hydrogen-bond acceptors (Lipinski definition) is 4. The van der Waals surface area contributed by atoms with Gasteiger partial charge in [0, 0.05) is 0 Å². The molecule has 1 atom stereocenters. The molecule has 2 aromatic carbocycles. The molecule has 0 aromatic heterocycles. The second-order valence-corrected chi connectivity index (χ2v) is 4.84. The molecule has 112 valence electrons. The summed E-state index contributed by atoms with van der Waals surface area (Å²) >= 11 is 6.03. The van der Waals surface area contributed by atoms with E-state index in [1.165, 1.54) is 13.0 Å². The van der Waals surface area contributed by atoms with E-state index in [-0.39, 0.29) is 0 Å². The molecule has 0 aliphatic heterocycles. The number of rotatable bonds is 5. The normalized spacial score (nSPS) is 11.3. The third kappa shape index (κ3) is 3.90. The molecular formula is C16H12ClNO4. The van der Waals surface area contributed by atoms with Crippen LogP contribution in [0.3, 0.4) is 0 Å². The fraction of sp³-hybridized carbons (Fsp3) is 0.125. The van der Waals surface area contributed by atoms with Crippen LogP contribution in [0.5, 0.6) is 17.2 Å². The van der Waals surface area contributed by atoms with E-state index in [0.717, 1.165) is 0 Å². The number of carboxylic acids is 1. The molecule has 2 rings (SSSR count). The Labute approximate surface area is 132 Å². The van der Waals surface area contributed by atoms with Crippen molar-refractivity contribution < 1.29 is 19.4 Å². The highest BCUT2D eigenvalue weighted by atomic mass is 35.5. The summed E-state index contributed by atoms with van der Waals surface area (Å²) in [4.78, 5) is 10.7.